The van der Waals surface area contributed by atoms with Gasteiger partial charge in [0, 0.05) is 24.3 Å². The van der Waals surface area contributed by atoms with Crippen molar-refractivity contribution in [3.63, 3.8) is 0 Å². The Kier molecular flexibility index (Phi) is 6.19. The molecule has 0 amide bonds. The number of hydrogen-bond acceptors (Lipinski definition) is 4. The van der Waals surface area contributed by atoms with Crippen LogP contribution in [0.15, 0.2) is 53.6 Å². The normalized spacial score (nSPS) is 11.2. The van der Waals surface area contributed by atoms with Crippen LogP contribution in [0.2, 0.25) is 0 Å². The molecule has 0 atom stereocenters. The van der Waals surface area contributed by atoms with Gasteiger partial charge in [0.1, 0.15) is 0 Å². The van der Waals surface area contributed by atoms with Crippen LogP contribution in [0.5, 0.6) is 0 Å². The second kappa shape index (κ2) is 8.77. The average molecular weight is 380 g/mol. The minimum absolute atomic E-state index is 0.472. The van der Waals surface area contributed by atoms with Crippen molar-refractivity contribution in [1.29, 1.82) is 0 Å². The molecule has 1 N–H and O–H groups in total. The minimum Gasteiger partial charge on any atom is -0.372 e. The van der Waals surface area contributed by atoms with Crippen molar-refractivity contribution in [2.24, 2.45) is 5.10 Å². The fourth-order valence-electron chi connectivity index (χ4n) is 2.96. The highest BCUT2D eigenvalue weighted by Gasteiger charge is 2.09. The Hall–Kier alpha value is -2.73. The number of aryl methyl sites for hydroxylation is 1. The molecular weight excluding hydrogens is 354 g/mol. The molecule has 6 heteroatoms. The van der Waals surface area contributed by atoms with Gasteiger partial charge in [-0.3, -0.25) is 0 Å². The molecule has 0 fully saturated rings. The first-order valence-electron chi connectivity index (χ1n) is 9.32. The molecule has 0 unspecified atom stereocenters. The molecule has 0 spiro atoms. The number of rotatable bonds is 7. The molecule has 1 aromatic heterocycles. The molecule has 5 nitrogen and oxygen atoms in total. The summed E-state index contributed by atoms with van der Waals surface area (Å²) in [5.41, 5.74) is 4.50. The number of hydrogen-bond donors (Lipinski definition) is 1. The van der Waals surface area contributed by atoms with Crippen LogP contribution in [0.1, 0.15) is 31.9 Å². The lowest BCUT2D eigenvalue weighted by Crippen LogP contribution is -2.21. The predicted molar refractivity (Wildman–Crippen MR) is 115 cm³/mol. The van der Waals surface area contributed by atoms with E-state index in [9.17, 15) is 0 Å². The highest BCUT2D eigenvalue weighted by Crippen LogP contribution is 2.22. The van der Waals surface area contributed by atoms with E-state index in [1.807, 2.05) is 0 Å². The maximum Gasteiger partial charge on any atom is 0.216 e. The van der Waals surface area contributed by atoms with Crippen molar-refractivity contribution in [2.75, 3.05) is 18.0 Å². The van der Waals surface area contributed by atoms with E-state index >= 15 is 0 Å². The van der Waals surface area contributed by atoms with Crippen molar-refractivity contribution >= 4 is 24.1 Å². The highest BCUT2D eigenvalue weighted by atomic mass is 32.1. The fourth-order valence-corrected chi connectivity index (χ4v) is 3.14. The second-order valence-electron chi connectivity index (χ2n) is 6.22. The van der Waals surface area contributed by atoms with Crippen LogP contribution in [0, 0.1) is 4.77 Å². The lowest BCUT2D eigenvalue weighted by Gasteiger charge is -2.20. The van der Waals surface area contributed by atoms with Crippen LogP contribution >= 0.6 is 12.2 Å². The van der Waals surface area contributed by atoms with Gasteiger partial charge in [-0.15, -0.1) is 0 Å². The Morgan fingerprint density at radius 2 is 1.70 bits per heavy atom. The first-order chi connectivity index (χ1) is 13.2. The molecule has 0 bridgehead atoms. The highest BCUT2D eigenvalue weighted by molar-refractivity contribution is 7.71. The zero-order chi connectivity index (χ0) is 19.2. The third-order valence-corrected chi connectivity index (χ3v) is 4.88. The van der Waals surface area contributed by atoms with Crippen LogP contribution in [0.25, 0.3) is 11.4 Å². The maximum absolute atomic E-state index is 5.36. The van der Waals surface area contributed by atoms with Crippen molar-refractivity contribution in [1.82, 2.24) is 14.9 Å². The average Bonchev–Trinajstić information content (AvgIpc) is 3.08. The van der Waals surface area contributed by atoms with Crippen molar-refractivity contribution < 1.29 is 0 Å². The largest absolute Gasteiger partial charge is 0.372 e. The fraction of sp³-hybridized carbons (Fsp3) is 0.286. The molecule has 0 aliphatic carbocycles. The molecule has 0 aliphatic rings. The van der Waals surface area contributed by atoms with E-state index in [0.717, 1.165) is 30.6 Å². The monoisotopic (exact) mass is 379 g/mol. The van der Waals surface area contributed by atoms with Gasteiger partial charge in [-0.1, -0.05) is 31.2 Å². The van der Waals surface area contributed by atoms with Gasteiger partial charge >= 0.3 is 0 Å². The van der Waals surface area contributed by atoms with E-state index in [-0.39, 0.29) is 0 Å². The zero-order valence-corrected chi connectivity index (χ0v) is 16.8. The van der Waals surface area contributed by atoms with Crippen LogP contribution in [-0.2, 0) is 6.42 Å². The number of nitrogens with one attached hydrogen (secondary N) is 1. The van der Waals surface area contributed by atoms with Crippen molar-refractivity contribution in [3.8, 4) is 11.4 Å². The van der Waals surface area contributed by atoms with E-state index in [2.05, 4.69) is 89.5 Å². The van der Waals surface area contributed by atoms with E-state index in [4.69, 9.17) is 12.2 Å². The number of aromatic nitrogens is 3. The Bertz CT molecular complexity index is 947. The number of nitrogens with zero attached hydrogens (tertiary/aromatic N) is 4. The summed E-state index contributed by atoms with van der Waals surface area (Å²) in [4.78, 5) is 2.30. The van der Waals surface area contributed by atoms with E-state index < -0.39 is 0 Å². The van der Waals surface area contributed by atoms with Crippen molar-refractivity contribution in [3.05, 3.63) is 64.4 Å². The van der Waals surface area contributed by atoms with Gasteiger partial charge in [0.05, 0.1) is 6.21 Å². The summed E-state index contributed by atoms with van der Waals surface area (Å²) in [6.07, 6.45) is 2.83. The molecular formula is C21H25N5S. The molecule has 27 heavy (non-hydrogen) atoms. The molecule has 0 radical (unpaired) electrons. The lowest BCUT2D eigenvalue weighted by molar-refractivity contribution is 0.864. The second-order valence-corrected chi connectivity index (χ2v) is 6.61. The standard InChI is InChI=1S/C21H25N5S/c1-4-16-7-9-17(10-8-16)15-22-26-20(23-24-21(26)27)18-11-13-19(14-12-18)25(5-2)6-3/h7-15H,4-6H2,1-3H3,(H,24,27). The van der Waals surface area contributed by atoms with E-state index in [1.54, 1.807) is 10.9 Å². The Balaban J connectivity index is 1.88. The number of H-pyrrole nitrogens is 1. The minimum atomic E-state index is 0.472. The smallest absolute Gasteiger partial charge is 0.216 e. The first kappa shape index (κ1) is 19.0. The molecule has 3 rings (SSSR count). The molecule has 3 aromatic rings. The summed E-state index contributed by atoms with van der Waals surface area (Å²) >= 11 is 5.36. The number of anilines is 1. The van der Waals surface area contributed by atoms with E-state index in [0.29, 0.717) is 10.6 Å². The first-order valence-corrected chi connectivity index (χ1v) is 9.73. The third-order valence-electron chi connectivity index (χ3n) is 4.61. The van der Waals surface area contributed by atoms with Gasteiger partial charge in [0.2, 0.25) is 4.77 Å². The number of benzene rings is 2. The topological polar surface area (TPSA) is 49.2 Å². The lowest BCUT2D eigenvalue weighted by atomic mass is 10.1. The van der Waals surface area contributed by atoms with Crippen molar-refractivity contribution in [2.45, 2.75) is 27.2 Å². The van der Waals surface area contributed by atoms with Gasteiger partial charge in [0.15, 0.2) is 5.82 Å². The summed E-state index contributed by atoms with van der Waals surface area (Å²) in [6, 6.07) is 16.7. The maximum atomic E-state index is 5.36. The van der Waals surface area contributed by atoms with Gasteiger partial charge < -0.3 is 4.90 Å². The van der Waals surface area contributed by atoms with Gasteiger partial charge in [0.25, 0.3) is 0 Å². The van der Waals surface area contributed by atoms with Gasteiger partial charge in [-0.05, 0) is 67.9 Å². The summed E-state index contributed by atoms with van der Waals surface area (Å²) in [5, 5.41) is 11.7. The number of aromatic amines is 1. The SMILES string of the molecule is CCc1ccc(C=Nn2c(-c3ccc(N(CC)CC)cc3)n[nH]c2=S)cc1. The van der Waals surface area contributed by atoms with Gasteiger partial charge in [-0.25, -0.2) is 5.10 Å². The molecule has 0 aliphatic heterocycles. The van der Waals surface area contributed by atoms with Gasteiger partial charge in [-0.2, -0.15) is 14.9 Å². The summed E-state index contributed by atoms with van der Waals surface area (Å²) < 4.78 is 2.13. The molecule has 1 heterocycles. The van der Waals surface area contributed by atoms with Crippen LogP contribution in [0.3, 0.4) is 0 Å². The summed E-state index contributed by atoms with van der Waals surface area (Å²) in [5.74, 6) is 0.701. The molecule has 0 saturated heterocycles. The Morgan fingerprint density at radius 3 is 2.30 bits per heavy atom. The van der Waals surface area contributed by atoms with E-state index in [1.165, 1.54) is 11.3 Å². The third kappa shape index (κ3) is 4.34. The van der Waals surface area contributed by atoms with Crippen LogP contribution in [0.4, 0.5) is 5.69 Å². The van der Waals surface area contributed by atoms with Crippen LogP contribution in [-0.4, -0.2) is 34.2 Å². The summed E-state index contributed by atoms with van der Waals surface area (Å²) in [6.45, 7) is 8.42. The molecule has 140 valence electrons. The Morgan fingerprint density at radius 1 is 1.04 bits per heavy atom. The Labute approximate surface area is 165 Å². The quantitative estimate of drug-likeness (QED) is 0.469. The predicted octanol–water partition coefficient (Wildman–Crippen LogP) is 4.90. The molecule has 2 aromatic carbocycles. The summed E-state index contributed by atoms with van der Waals surface area (Å²) in [7, 11) is 0. The molecule has 0 saturated carbocycles. The van der Waals surface area contributed by atoms with Crippen LogP contribution < -0.4 is 4.90 Å². The zero-order valence-electron chi connectivity index (χ0n) is 16.0.